The summed E-state index contributed by atoms with van der Waals surface area (Å²) < 4.78 is 7.01. The average Bonchev–Trinajstić information content (AvgIpc) is 2.55. The van der Waals surface area contributed by atoms with Crippen LogP contribution in [-0.2, 0) is 17.9 Å². The van der Waals surface area contributed by atoms with E-state index in [1.54, 1.807) is 4.68 Å². The standard InChI is InChI=1S/C9H17N3O2/c1-3-14-6-4-5-12-8(2)9(7-13)10-11-12/h13H,3-7H2,1-2H3. The maximum Gasteiger partial charge on any atom is 0.111 e. The van der Waals surface area contributed by atoms with E-state index in [-0.39, 0.29) is 6.61 Å². The molecule has 0 fully saturated rings. The summed E-state index contributed by atoms with van der Waals surface area (Å²) in [7, 11) is 0. The van der Waals surface area contributed by atoms with Gasteiger partial charge in [-0.25, -0.2) is 4.68 Å². The van der Waals surface area contributed by atoms with Gasteiger partial charge in [-0.3, -0.25) is 0 Å². The minimum Gasteiger partial charge on any atom is -0.390 e. The molecule has 0 saturated carbocycles. The number of nitrogens with zero attached hydrogens (tertiary/aromatic N) is 3. The molecule has 0 aliphatic heterocycles. The molecule has 1 aromatic heterocycles. The molecule has 80 valence electrons. The summed E-state index contributed by atoms with van der Waals surface area (Å²) in [5.41, 5.74) is 1.59. The zero-order valence-electron chi connectivity index (χ0n) is 8.73. The van der Waals surface area contributed by atoms with E-state index in [1.807, 2.05) is 13.8 Å². The second kappa shape index (κ2) is 5.72. The fourth-order valence-corrected chi connectivity index (χ4v) is 1.22. The van der Waals surface area contributed by atoms with Crippen molar-refractivity contribution >= 4 is 0 Å². The van der Waals surface area contributed by atoms with Crippen LogP contribution >= 0.6 is 0 Å². The van der Waals surface area contributed by atoms with E-state index >= 15 is 0 Å². The van der Waals surface area contributed by atoms with Gasteiger partial charge in [-0.05, 0) is 20.3 Å². The highest BCUT2D eigenvalue weighted by molar-refractivity contribution is 5.05. The van der Waals surface area contributed by atoms with E-state index < -0.39 is 0 Å². The van der Waals surface area contributed by atoms with Crippen LogP contribution in [0.4, 0.5) is 0 Å². The summed E-state index contributed by atoms with van der Waals surface area (Å²) in [4.78, 5) is 0. The van der Waals surface area contributed by atoms with Gasteiger partial charge in [0, 0.05) is 19.8 Å². The molecule has 5 heteroatoms. The summed E-state index contributed by atoms with van der Waals surface area (Å²) in [6.45, 7) is 6.12. The fraction of sp³-hybridized carbons (Fsp3) is 0.778. The van der Waals surface area contributed by atoms with Crippen molar-refractivity contribution in [2.45, 2.75) is 33.4 Å². The third-order valence-electron chi connectivity index (χ3n) is 2.09. The summed E-state index contributed by atoms with van der Waals surface area (Å²) in [6.07, 6.45) is 0.920. The molecular weight excluding hydrogens is 182 g/mol. The molecule has 1 heterocycles. The summed E-state index contributed by atoms with van der Waals surface area (Å²) in [6, 6.07) is 0. The third kappa shape index (κ3) is 2.78. The first-order chi connectivity index (χ1) is 6.79. The molecule has 5 nitrogen and oxygen atoms in total. The molecule has 0 atom stereocenters. The Hall–Kier alpha value is -0.940. The molecular formula is C9H17N3O2. The number of hydrogen-bond acceptors (Lipinski definition) is 4. The highest BCUT2D eigenvalue weighted by Crippen LogP contribution is 2.03. The zero-order valence-corrected chi connectivity index (χ0v) is 8.73. The predicted octanol–water partition coefficient (Wildman–Crippen LogP) is 0.505. The molecule has 0 bridgehead atoms. The van der Waals surface area contributed by atoms with Crippen LogP contribution in [0.5, 0.6) is 0 Å². The molecule has 1 aromatic rings. The Labute approximate surface area is 83.7 Å². The van der Waals surface area contributed by atoms with Gasteiger partial charge in [0.1, 0.15) is 5.69 Å². The molecule has 0 aromatic carbocycles. The van der Waals surface area contributed by atoms with Crippen molar-refractivity contribution < 1.29 is 9.84 Å². The number of aryl methyl sites for hydroxylation is 1. The van der Waals surface area contributed by atoms with Crippen molar-refractivity contribution in [1.82, 2.24) is 15.0 Å². The van der Waals surface area contributed by atoms with Crippen LogP contribution in [0.15, 0.2) is 0 Å². The highest BCUT2D eigenvalue weighted by Gasteiger charge is 2.05. The van der Waals surface area contributed by atoms with Gasteiger partial charge in [0.2, 0.25) is 0 Å². The molecule has 0 saturated heterocycles. The van der Waals surface area contributed by atoms with Crippen molar-refractivity contribution in [2.75, 3.05) is 13.2 Å². The van der Waals surface area contributed by atoms with Gasteiger partial charge in [0.25, 0.3) is 0 Å². The third-order valence-corrected chi connectivity index (χ3v) is 2.09. The van der Waals surface area contributed by atoms with Crippen LogP contribution < -0.4 is 0 Å². The van der Waals surface area contributed by atoms with Gasteiger partial charge in [-0.1, -0.05) is 5.21 Å². The summed E-state index contributed by atoms with van der Waals surface area (Å²) in [5, 5.41) is 16.7. The quantitative estimate of drug-likeness (QED) is 0.678. The molecule has 0 unspecified atom stereocenters. The number of ether oxygens (including phenoxy) is 1. The Bertz CT molecular complexity index is 273. The van der Waals surface area contributed by atoms with Crippen LogP contribution in [0.3, 0.4) is 0 Å². The molecule has 1 N–H and O–H groups in total. The topological polar surface area (TPSA) is 60.2 Å². The van der Waals surface area contributed by atoms with Crippen molar-refractivity contribution in [3.8, 4) is 0 Å². The molecule has 1 rings (SSSR count). The fourth-order valence-electron chi connectivity index (χ4n) is 1.22. The van der Waals surface area contributed by atoms with Gasteiger partial charge in [0.05, 0.1) is 12.3 Å². The van der Waals surface area contributed by atoms with Crippen molar-refractivity contribution in [3.05, 3.63) is 11.4 Å². The lowest BCUT2D eigenvalue weighted by Crippen LogP contribution is -2.06. The second-order valence-electron chi connectivity index (χ2n) is 3.05. The lowest BCUT2D eigenvalue weighted by atomic mass is 10.3. The van der Waals surface area contributed by atoms with E-state index in [9.17, 15) is 0 Å². The molecule has 0 aliphatic carbocycles. The molecule has 0 radical (unpaired) electrons. The predicted molar refractivity (Wildman–Crippen MR) is 51.8 cm³/mol. The largest absolute Gasteiger partial charge is 0.390 e. The number of rotatable bonds is 6. The Morgan fingerprint density at radius 2 is 2.29 bits per heavy atom. The van der Waals surface area contributed by atoms with Crippen LogP contribution in [-0.4, -0.2) is 33.3 Å². The van der Waals surface area contributed by atoms with Gasteiger partial charge in [-0.15, -0.1) is 5.10 Å². The summed E-state index contributed by atoms with van der Waals surface area (Å²) in [5.74, 6) is 0. The second-order valence-corrected chi connectivity index (χ2v) is 3.05. The Balaban J connectivity index is 2.39. The molecule has 14 heavy (non-hydrogen) atoms. The molecule has 0 aliphatic rings. The average molecular weight is 199 g/mol. The van der Waals surface area contributed by atoms with E-state index in [0.717, 1.165) is 31.9 Å². The van der Waals surface area contributed by atoms with Crippen molar-refractivity contribution in [2.24, 2.45) is 0 Å². The van der Waals surface area contributed by atoms with E-state index in [4.69, 9.17) is 9.84 Å². The first kappa shape index (κ1) is 11.1. The van der Waals surface area contributed by atoms with Gasteiger partial charge in [0.15, 0.2) is 0 Å². The SMILES string of the molecule is CCOCCCn1nnc(CO)c1C. The van der Waals surface area contributed by atoms with Crippen molar-refractivity contribution in [3.63, 3.8) is 0 Å². The first-order valence-corrected chi connectivity index (χ1v) is 4.87. The van der Waals surface area contributed by atoms with E-state index in [0.29, 0.717) is 5.69 Å². The van der Waals surface area contributed by atoms with Crippen LogP contribution in [0, 0.1) is 6.92 Å². The normalized spacial score (nSPS) is 10.8. The minimum absolute atomic E-state index is 0.0444. The minimum atomic E-state index is -0.0444. The van der Waals surface area contributed by atoms with Crippen LogP contribution in [0.2, 0.25) is 0 Å². The van der Waals surface area contributed by atoms with Crippen LogP contribution in [0.25, 0.3) is 0 Å². The van der Waals surface area contributed by atoms with Gasteiger partial charge >= 0.3 is 0 Å². The maximum atomic E-state index is 8.90. The maximum absolute atomic E-state index is 8.90. The van der Waals surface area contributed by atoms with Gasteiger partial charge in [-0.2, -0.15) is 0 Å². The van der Waals surface area contributed by atoms with E-state index in [1.165, 1.54) is 0 Å². The summed E-state index contributed by atoms with van der Waals surface area (Å²) >= 11 is 0. The van der Waals surface area contributed by atoms with Crippen molar-refractivity contribution in [1.29, 1.82) is 0 Å². The molecule has 0 spiro atoms. The zero-order chi connectivity index (χ0) is 10.4. The van der Waals surface area contributed by atoms with E-state index in [2.05, 4.69) is 10.3 Å². The lowest BCUT2D eigenvalue weighted by Gasteiger charge is -2.03. The first-order valence-electron chi connectivity index (χ1n) is 4.87. The number of aliphatic hydroxyl groups is 1. The Kier molecular flexibility index (Phi) is 4.55. The Morgan fingerprint density at radius 3 is 2.86 bits per heavy atom. The number of hydrogen-bond donors (Lipinski definition) is 1. The number of aromatic nitrogens is 3. The highest BCUT2D eigenvalue weighted by atomic mass is 16.5. The monoisotopic (exact) mass is 199 g/mol. The van der Waals surface area contributed by atoms with Crippen LogP contribution in [0.1, 0.15) is 24.7 Å². The smallest absolute Gasteiger partial charge is 0.111 e. The number of aliphatic hydroxyl groups excluding tert-OH is 1. The Morgan fingerprint density at radius 1 is 1.50 bits per heavy atom. The lowest BCUT2D eigenvalue weighted by molar-refractivity contribution is 0.140. The molecule has 0 amide bonds. The van der Waals surface area contributed by atoms with Gasteiger partial charge < -0.3 is 9.84 Å².